The standard InChI is InChI=1S/C37H52N8O3/c1-5-9-20-41-32(31(40)15-7-3)24-45(23-25(8-4)30(39)14-6-2)37(48)27-18-13-19-28(21-27)43-44-34-33(26-16-11-10-12-17-26)29(22-38)35(46)42-36(34)47/h10-13,16-19,21,25,30-32,41H,5-9,14-15,20,23-24,39-40H2,1-4H3,(H2,42,46,47)/b44-43+. The van der Waals surface area contributed by atoms with Gasteiger partial charge in [-0.3, -0.25) is 14.6 Å². The molecule has 1 aromatic heterocycles. The lowest BCUT2D eigenvalue weighted by Gasteiger charge is -2.35. The molecule has 1 heterocycles. The fourth-order valence-corrected chi connectivity index (χ4v) is 5.91. The van der Waals surface area contributed by atoms with E-state index in [1.807, 2.05) is 11.0 Å². The van der Waals surface area contributed by atoms with Crippen LogP contribution in [0.3, 0.4) is 0 Å². The monoisotopic (exact) mass is 656 g/mol. The van der Waals surface area contributed by atoms with Gasteiger partial charge in [-0.05, 0) is 55.5 Å². The number of H-pyrrole nitrogens is 1. The number of benzene rings is 2. The first kappa shape index (κ1) is 38.1. The van der Waals surface area contributed by atoms with Crippen molar-refractivity contribution in [2.45, 2.75) is 90.8 Å². The number of carbonyl (C=O) groups is 1. The zero-order valence-electron chi connectivity index (χ0n) is 28.8. The van der Waals surface area contributed by atoms with Gasteiger partial charge in [0.15, 0.2) is 5.69 Å². The Morgan fingerprint density at radius 1 is 0.979 bits per heavy atom. The van der Waals surface area contributed by atoms with Crippen LogP contribution in [-0.2, 0) is 0 Å². The van der Waals surface area contributed by atoms with Crippen LogP contribution in [0, 0.1) is 17.2 Å². The van der Waals surface area contributed by atoms with Crippen LogP contribution in [0.5, 0.6) is 5.88 Å². The smallest absolute Gasteiger partial charge is 0.269 e. The Morgan fingerprint density at radius 2 is 1.69 bits per heavy atom. The molecule has 0 saturated heterocycles. The Kier molecular flexibility index (Phi) is 15.4. The Labute approximate surface area is 284 Å². The Balaban J connectivity index is 2.01. The topological polar surface area (TPSA) is 186 Å². The van der Waals surface area contributed by atoms with Crippen LogP contribution < -0.4 is 22.3 Å². The molecule has 48 heavy (non-hydrogen) atoms. The molecule has 4 unspecified atom stereocenters. The third-order valence-electron chi connectivity index (χ3n) is 8.69. The van der Waals surface area contributed by atoms with E-state index in [-0.39, 0.29) is 46.8 Å². The lowest BCUT2D eigenvalue weighted by atomic mass is 9.92. The Bertz CT molecular complexity index is 1580. The number of pyridine rings is 1. The van der Waals surface area contributed by atoms with Crippen molar-refractivity contribution in [3.8, 4) is 23.1 Å². The van der Waals surface area contributed by atoms with Crippen LogP contribution in [-0.4, -0.2) is 58.7 Å². The lowest BCUT2D eigenvalue weighted by Crippen LogP contribution is -2.54. The van der Waals surface area contributed by atoms with E-state index < -0.39 is 11.4 Å². The first-order valence-corrected chi connectivity index (χ1v) is 17.2. The second-order valence-electron chi connectivity index (χ2n) is 12.3. The number of aromatic hydroxyl groups is 1. The van der Waals surface area contributed by atoms with E-state index in [0.29, 0.717) is 29.9 Å². The maximum Gasteiger partial charge on any atom is 0.269 e. The van der Waals surface area contributed by atoms with Gasteiger partial charge < -0.3 is 26.8 Å². The van der Waals surface area contributed by atoms with E-state index in [9.17, 15) is 20.0 Å². The van der Waals surface area contributed by atoms with Crippen molar-refractivity contribution in [2.24, 2.45) is 27.6 Å². The number of aromatic nitrogens is 1. The molecule has 0 saturated carbocycles. The van der Waals surface area contributed by atoms with Crippen LogP contribution in [0.15, 0.2) is 69.6 Å². The van der Waals surface area contributed by atoms with Gasteiger partial charge in [0.25, 0.3) is 11.5 Å². The molecule has 0 radical (unpaired) electrons. The van der Waals surface area contributed by atoms with Crippen molar-refractivity contribution in [3.05, 3.63) is 76.1 Å². The summed E-state index contributed by atoms with van der Waals surface area (Å²) >= 11 is 0. The fraction of sp³-hybridized carbons (Fsp3) is 0.486. The summed E-state index contributed by atoms with van der Waals surface area (Å²) in [6.45, 7) is 10.2. The van der Waals surface area contributed by atoms with E-state index in [2.05, 4.69) is 48.2 Å². The molecule has 4 atom stereocenters. The highest BCUT2D eigenvalue weighted by Crippen LogP contribution is 2.38. The van der Waals surface area contributed by atoms with Gasteiger partial charge in [0.2, 0.25) is 5.88 Å². The number of nitrogens with zero attached hydrogens (tertiary/aromatic N) is 4. The van der Waals surface area contributed by atoms with Crippen LogP contribution in [0.1, 0.15) is 88.6 Å². The van der Waals surface area contributed by atoms with Crippen LogP contribution in [0.2, 0.25) is 0 Å². The highest BCUT2D eigenvalue weighted by Gasteiger charge is 2.28. The number of azo groups is 1. The van der Waals surface area contributed by atoms with Crippen LogP contribution in [0.25, 0.3) is 11.1 Å². The quantitative estimate of drug-likeness (QED) is 0.0718. The first-order chi connectivity index (χ1) is 23.2. The van der Waals surface area contributed by atoms with Crippen LogP contribution >= 0.6 is 0 Å². The zero-order chi connectivity index (χ0) is 35.1. The number of rotatable bonds is 19. The molecule has 0 spiro atoms. The molecule has 11 nitrogen and oxygen atoms in total. The van der Waals surface area contributed by atoms with Crippen molar-refractivity contribution in [3.63, 3.8) is 0 Å². The predicted molar refractivity (Wildman–Crippen MR) is 192 cm³/mol. The Hall–Kier alpha value is -4.37. The average Bonchev–Trinajstić information content (AvgIpc) is 3.09. The van der Waals surface area contributed by atoms with E-state index >= 15 is 0 Å². The van der Waals surface area contributed by atoms with Gasteiger partial charge in [-0.1, -0.05) is 89.8 Å². The molecule has 3 rings (SSSR count). The minimum Gasteiger partial charge on any atom is -0.493 e. The van der Waals surface area contributed by atoms with Crippen molar-refractivity contribution >= 4 is 17.3 Å². The molecular weight excluding hydrogens is 604 g/mol. The molecule has 11 heteroatoms. The number of carbonyl (C=O) groups excluding carboxylic acids is 1. The van der Waals surface area contributed by atoms with Gasteiger partial charge in [0.05, 0.1) is 5.69 Å². The third-order valence-corrected chi connectivity index (χ3v) is 8.69. The molecule has 7 N–H and O–H groups in total. The summed E-state index contributed by atoms with van der Waals surface area (Å²) in [5.74, 6) is -0.563. The number of nitrogens with two attached hydrogens (primary N) is 2. The zero-order valence-corrected chi connectivity index (χ0v) is 28.8. The number of unbranched alkanes of at least 4 members (excludes halogenated alkanes) is 1. The number of hydrogen-bond donors (Lipinski definition) is 5. The molecule has 2 aromatic carbocycles. The number of aromatic amines is 1. The van der Waals surface area contributed by atoms with E-state index in [4.69, 9.17) is 11.5 Å². The summed E-state index contributed by atoms with van der Waals surface area (Å²) in [5.41, 5.74) is 13.8. The average molecular weight is 657 g/mol. The number of hydrogen-bond acceptors (Lipinski definition) is 9. The minimum atomic E-state index is -0.731. The summed E-state index contributed by atoms with van der Waals surface area (Å²) in [7, 11) is 0. The molecule has 0 fully saturated rings. The van der Waals surface area contributed by atoms with Crippen LogP contribution in [0.4, 0.5) is 11.4 Å². The van der Waals surface area contributed by atoms with Crippen molar-refractivity contribution in [1.29, 1.82) is 5.26 Å². The van der Waals surface area contributed by atoms with E-state index in [1.165, 1.54) is 0 Å². The highest BCUT2D eigenvalue weighted by atomic mass is 16.3. The van der Waals surface area contributed by atoms with Gasteiger partial charge >= 0.3 is 0 Å². The van der Waals surface area contributed by atoms with Gasteiger partial charge in [-0.15, -0.1) is 5.11 Å². The van der Waals surface area contributed by atoms with Gasteiger partial charge in [0, 0.05) is 42.3 Å². The lowest BCUT2D eigenvalue weighted by molar-refractivity contribution is 0.0688. The summed E-state index contributed by atoms with van der Waals surface area (Å²) in [5, 5.41) is 32.7. The van der Waals surface area contributed by atoms with Gasteiger partial charge in [0.1, 0.15) is 11.6 Å². The first-order valence-electron chi connectivity index (χ1n) is 17.2. The van der Waals surface area contributed by atoms with E-state index in [0.717, 1.165) is 51.5 Å². The highest BCUT2D eigenvalue weighted by molar-refractivity contribution is 5.95. The van der Waals surface area contributed by atoms with Crippen molar-refractivity contribution in [1.82, 2.24) is 15.2 Å². The molecule has 1 amide bonds. The summed E-state index contributed by atoms with van der Waals surface area (Å²) < 4.78 is 0. The number of amides is 1. The maximum atomic E-state index is 14.3. The molecule has 0 aliphatic carbocycles. The SMILES string of the molecule is CCCCNC(CN(CC(CC)C(N)CCC)C(=O)c1cccc(/N=N/c2c(O)[nH]c(=O)c(C#N)c2-c2ccccc2)c1)C(N)CCC. The third kappa shape index (κ3) is 10.3. The second-order valence-corrected chi connectivity index (χ2v) is 12.3. The normalized spacial score (nSPS) is 13.9. The molecular formula is C37H52N8O3. The molecule has 258 valence electrons. The molecule has 0 aliphatic rings. The maximum absolute atomic E-state index is 14.3. The van der Waals surface area contributed by atoms with E-state index in [1.54, 1.807) is 54.6 Å². The van der Waals surface area contributed by atoms with Crippen molar-refractivity contribution < 1.29 is 9.90 Å². The molecule has 3 aromatic rings. The summed E-state index contributed by atoms with van der Waals surface area (Å²) in [4.78, 5) is 31.0. The minimum absolute atomic E-state index is 0.0339. The van der Waals surface area contributed by atoms with Gasteiger partial charge in [-0.25, -0.2) is 0 Å². The summed E-state index contributed by atoms with van der Waals surface area (Å²) in [6.07, 6.45) is 6.53. The van der Waals surface area contributed by atoms with Crippen molar-refractivity contribution in [2.75, 3.05) is 19.6 Å². The summed E-state index contributed by atoms with van der Waals surface area (Å²) in [6, 6.07) is 17.2. The molecule has 0 bridgehead atoms. The molecule has 0 aliphatic heterocycles. The predicted octanol–water partition coefficient (Wildman–Crippen LogP) is 6.52. The number of nitriles is 1. The fourth-order valence-electron chi connectivity index (χ4n) is 5.91. The number of nitrogens with one attached hydrogen (secondary N) is 2. The largest absolute Gasteiger partial charge is 0.493 e. The second kappa shape index (κ2) is 19.5. The van der Waals surface area contributed by atoms with Gasteiger partial charge in [-0.2, -0.15) is 10.4 Å². The Morgan fingerprint density at radius 3 is 2.33 bits per heavy atom.